The molecule has 1 aliphatic rings. The third-order valence-electron chi connectivity index (χ3n) is 2.97. The van der Waals surface area contributed by atoms with E-state index in [1.54, 1.807) is 0 Å². The highest BCUT2D eigenvalue weighted by Gasteiger charge is 2.14. The van der Waals surface area contributed by atoms with Crippen molar-refractivity contribution in [2.45, 2.75) is 57.5 Å². The molecule has 0 aliphatic heterocycles. The fourth-order valence-electron chi connectivity index (χ4n) is 2.01. The van der Waals surface area contributed by atoms with Gasteiger partial charge in [0.1, 0.15) is 0 Å². The maximum atomic E-state index is 8.84. The van der Waals surface area contributed by atoms with Gasteiger partial charge < -0.3 is 16.2 Å². The summed E-state index contributed by atoms with van der Waals surface area (Å²) in [6.07, 6.45) is 6.57. The van der Waals surface area contributed by atoms with Crippen LogP contribution < -0.4 is 11.1 Å². The number of nitrogens with zero attached hydrogens (tertiary/aromatic N) is 1. The number of nitrogens with two attached hydrogens (primary N) is 1. The Balaban J connectivity index is 2.34. The van der Waals surface area contributed by atoms with Gasteiger partial charge in [0, 0.05) is 12.6 Å². The number of aliphatic imine (C=N–C) groups is 1. The summed E-state index contributed by atoms with van der Waals surface area (Å²) in [5, 5.41) is 12.0. The van der Waals surface area contributed by atoms with Crippen LogP contribution in [0.3, 0.4) is 0 Å². The summed E-state index contributed by atoms with van der Waals surface area (Å²) >= 11 is 0. The van der Waals surface area contributed by atoms with Gasteiger partial charge in [-0.15, -0.1) is 0 Å². The second-order valence-electron chi connectivity index (χ2n) is 4.21. The molecule has 0 spiro atoms. The van der Waals surface area contributed by atoms with E-state index in [0.717, 1.165) is 12.8 Å². The van der Waals surface area contributed by atoms with Crippen LogP contribution in [0.5, 0.6) is 0 Å². The molecule has 0 heterocycles. The molecule has 1 saturated carbocycles. The Morgan fingerprint density at radius 3 is 2.73 bits per heavy atom. The summed E-state index contributed by atoms with van der Waals surface area (Å²) in [5.41, 5.74) is 5.82. The largest absolute Gasteiger partial charge is 0.396 e. The molecule has 0 saturated heterocycles. The summed E-state index contributed by atoms with van der Waals surface area (Å²) in [6.45, 7) is 2.28. The molecule has 1 atom stereocenters. The number of aliphatic hydroxyl groups excluding tert-OH is 1. The molecule has 15 heavy (non-hydrogen) atoms. The highest BCUT2D eigenvalue weighted by Crippen LogP contribution is 2.20. The fraction of sp³-hybridized carbons (Fsp3) is 0.909. The first-order valence-electron chi connectivity index (χ1n) is 5.97. The predicted molar refractivity (Wildman–Crippen MR) is 62.8 cm³/mol. The van der Waals surface area contributed by atoms with E-state index in [2.05, 4.69) is 17.2 Å². The van der Waals surface area contributed by atoms with Crippen LogP contribution >= 0.6 is 0 Å². The minimum Gasteiger partial charge on any atom is -0.396 e. The first kappa shape index (κ1) is 12.3. The highest BCUT2D eigenvalue weighted by molar-refractivity contribution is 5.78. The van der Waals surface area contributed by atoms with Crippen molar-refractivity contribution < 1.29 is 5.11 Å². The zero-order valence-electron chi connectivity index (χ0n) is 9.58. The standard InChI is InChI=1S/C11H23N3O/c1-2-9(7-8-15)13-11(12)14-10-5-3-4-6-10/h9-10,15H,2-8H2,1H3,(H3,12,13,14). The molecule has 0 aromatic rings. The molecule has 0 aromatic carbocycles. The molecular formula is C11H23N3O. The number of guanidine groups is 1. The van der Waals surface area contributed by atoms with Crippen LogP contribution in [-0.2, 0) is 0 Å². The molecule has 1 unspecified atom stereocenters. The lowest BCUT2D eigenvalue weighted by atomic mass is 10.1. The molecule has 0 aromatic heterocycles. The topological polar surface area (TPSA) is 70.6 Å². The number of aliphatic hydroxyl groups is 1. The van der Waals surface area contributed by atoms with Crippen molar-refractivity contribution in [1.82, 2.24) is 5.32 Å². The SMILES string of the molecule is CCC(CCO)NC(N)=NC1CCCC1. The van der Waals surface area contributed by atoms with Gasteiger partial charge in [0.2, 0.25) is 0 Å². The summed E-state index contributed by atoms with van der Waals surface area (Å²) in [7, 11) is 0. The van der Waals surface area contributed by atoms with Crippen LogP contribution in [0.25, 0.3) is 0 Å². The number of nitrogens with one attached hydrogen (secondary N) is 1. The van der Waals surface area contributed by atoms with Gasteiger partial charge in [0.15, 0.2) is 5.96 Å². The van der Waals surface area contributed by atoms with Gasteiger partial charge in [-0.3, -0.25) is 4.99 Å². The van der Waals surface area contributed by atoms with Crippen molar-refractivity contribution in [3.05, 3.63) is 0 Å². The quantitative estimate of drug-likeness (QED) is 0.471. The third-order valence-corrected chi connectivity index (χ3v) is 2.97. The van der Waals surface area contributed by atoms with E-state index in [4.69, 9.17) is 10.8 Å². The first-order valence-corrected chi connectivity index (χ1v) is 5.97. The van der Waals surface area contributed by atoms with Crippen molar-refractivity contribution in [2.24, 2.45) is 10.7 Å². The van der Waals surface area contributed by atoms with Gasteiger partial charge in [0.05, 0.1) is 6.04 Å². The van der Waals surface area contributed by atoms with E-state index in [1.165, 1.54) is 25.7 Å². The van der Waals surface area contributed by atoms with E-state index >= 15 is 0 Å². The molecular weight excluding hydrogens is 190 g/mol. The lowest BCUT2D eigenvalue weighted by Gasteiger charge is -2.17. The zero-order chi connectivity index (χ0) is 11.1. The Bertz CT molecular complexity index is 200. The number of hydrogen-bond donors (Lipinski definition) is 3. The Morgan fingerprint density at radius 2 is 2.20 bits per heavy atom. The van der Waals surface area contributed by atoms with Crippen LogP contribution in [-0.4, -0.2) is 29.8 Å². The molecule has 1 rings (SSSR count). The highest BCUT2D eigenvalue weighted by atomic mass is 16.3. The fourth-order valence-corrected chi connectivity index (χ4v) is 2.01. The Morgan fingerprint density at radius 1 is 1.53 bits per heavy atom. The van der Waals surface area contributed by atoms with Gasteiger partial charge >= 0.3 is 0 Å². The van der Waals surface area contributed by atoms with Crippen LogP contribution in [0, 0.1) is 0 Å². The monoisotopic (exact) mass is 213 g/mol. The normalized spacial score (nSPS) is 20.5. The van der Waals surface area contributed by atoms with Crippen LogP contribution in [0.4, 0.5) is 0 Å². The van der Waals surface area contributed by atoms with Crippen LogP contribution in [0.1, 0.15) is 45.4 Å². The van der Waals surface area contributed by atoms with E-state index in [9.17, 15) is 0 Å². The van der Waals surface area contributed by atoms with Gasteiger partial charge in [-0.1, -0.05) is 19.8 Å². The smallest absolute Gasteiger partial charge is 0.189 e. The predicted octanol–water partition coefficient (Wildman–Crippen LogP) is 0.994. The van der Waals surface area contributed by atoms with E-state index in [1.807, 2.05) is 0 Å². The molecule has 1 aliphatic carbocycles. The number of rotatable bonds is 5. The minimum atomic E-state index is 0.197. The molecule has 88 valence electrons. The molecule has 4 N–H and O–H groups in total. The molecule has 0 amide bonds. The second-order valence-corrected chi connectivity index (χ2v) is 4.21. The Kier molecular flexibility index (Phi) is 5.47. The lowest BCUT2D eigenvalue weighted by Crippen LogP contribution is -2.40. The van der Waals surface area contributed by atoms with E-state index in [0.29, 0.717) is 12.0 Å². The summed E-state index contributed by atoms with van der Waals surface area (Å²) < 4.78 is 0. The number of hydrogen-bond acceptors (Lipinski definition) is 2. The average Bonchev–Trinajstić information content (AvgIpc) is 2.69. The van der Waals surface area contributed by atoms with Gasteiger partial charge in [-0.05, 0) is 25.7 Å². The van der Waals surface area contributed by atoms with Crippen LogP contribution in [0.2, 0.25) is 0 Å². The van der Waals surface area contributed by atoms with Gasteiger partial charge in [0.25, 0.3) is 0 Å². The van der Waals surface area contributed by atoms with E-state index in [-0.39, 0.29) is 12.6 Å². The summed E-state index contributed by atoms with van der Waals surface area (Å²) in [6, 6.07) is 0.671. The molecule has 4 heteroatoms. The molecule has 0 bridgehead atoms. The maximum Gasteiger partial charge on any atom is 0.189 e. The summed E-state index contributed by atoms with van der Waals surface area (Å²) in [5.74, 6) is 0.544. The van der Waals surface area contributed by atoms with Crippen molar-refractivity contribution in [3.8, 4) is 0 Å². The third kappa shape index (κ3) is 4.51. The maximum absolute atomic E-state index is 8.84. The second kappa shape index (κ2) is 6.67. The van der Waals surface area contributed by atoms with Crippen LogP contribution in [0.15, 0.2) is 4.99 Å². The van der Waals surface area contributed by atoms with Gasteiger partial charge in [-0.25, -0.2) is 0 Å². The lowest BCUT2D eigenvalue weighted by molar-refractivity contribution is 0.269. The molecule has 4 nitrogen and oxygen atoms in total. The van der Waals surface area contributed by atoms with Crippen molar-refractivity contribution in [3.63, 3.8) is 0 Å². The Labute approximate surface area is 92.0 Å². The Hall–Kier alpha value is -0.770. The van der Waals surface area contributed by atoms with Crippen molar-refractivity contribution in [1.29, 1.82) is 0 Å². The average molecular weight is 213 g/mol. The van der Waals surface area contributed by atoms with Crippen molar-refractivity contribution >= 4 is 5.96 Å². The summed E-state index contributed by atoms with van der Waals surface area (Å²) in [4.78, 5) is 4.45. The first-order chi connectivity index (χ1) is 7.26. The van der Waals surface area contributed by atoms with E-state index < -0.39 is 0 Å². The zero-order valence-corrected chi connectivity index (χ0v) is 9.58. The van der Waals surface area contributed by atoms with Gasteiger partial charge in [-0.2, -0.15) is 0 Å². The molecule has 1 fully saturated rings. The minimum absolute atomic E-state index is 0.197. The molecule has 0 radical (unpaired) electrons. The van der Waals surface area contributed by atoms with Crippen molar-refractivity contribution in [2.75, 3.05) is 6.61 Å².